The number of carbonyl (C=O) groups is 3. The van der Waals surface area contributed by atoms with Gasteiger partial charge in [0.15, 0.2) is 0 Å². The van der Waals surface area contributed by atoms with E-state index in [1.807, 2.05) is 42.5 Å². The van der Waals surface area contributed by atoms with Crippen molar-refractivity contribution in [3.8, 4) is 0 Å². The lowest BCUT2D eigenvalue weighted by atomic mass is 9.74. The second-order valence-corrected chi connectivity index (χ2v) is 11.0. The molecule has 6 atom stereocenters. The molecule has 2 fully saturated rings. The van der Waals surface area contributed by atoms with Crippen molar-refractivity contribution in [3.05, 3.63) is 48.6 Å². The Morgan fingerprint density at radius 2 is 1.77 bits per heavy atom. The predicted molar refractivity (Wildman–Crippen MR) is 147 cm³/mol. The summed E-state index contributed by atoms with van der Waals surface area (Å²) in [6, 6.07) is 6.13. The van der Waals surface area contributed by atoms with Gasteiger partial charge in [-0.05, 0) is 64.8 Å². The average Bonchev–Trinajstić information content (AvgIpc) is 3.29. The van der Waals surface area contributed by atoms with Gasteiger partial charge in [0.05, 0.1) is 30.8 Å². The molecule has 4 heterocycles. The van der Waals surface area contributed by atoms with Crippen molar-refractivity contribution in [3.63, 3.8) is 0 Å². The van der Waals surface area contributed by atoms with Crippen molar-refractivity contribution >= 4 is 29.2 Å². The number of rotatable bonds is 6. The van der Waals surface area contributed by atoms with Crippen molar-refractivity contribution in [2.45, 2.75) is 63.8 Å². The molecule has 0 aliphatic carbocycles. The zero-order valence-electron chi connectivity index (χ0n) is 23.2. The molecule has 1 N–H and O–H groups in total. The van der Waals surface area contributed by atoms with Gasteiger partial charge in [0.1, 0.15) is 17.6 Å². The number of fused-ring (bicyclic) bond motifs is 2. The fourth-order valence-corrected chi connectivity index (χ4v) is 6.80. The van der Waals surface area contributed by atoms with E-state index >= 15 is 0 Å². The Kier molecular flexibility index (Phi) is 7.33. The maximum Gasteiger partial charge on any atom is 0.313 e. The summed E-state index contributed by atoms with van der Waals surface area (Å²) in [5.41, 5.74) is -0.736. The molecule has 0 aromatic heterocycles. The smallest absolute Gasteiger partial charge is 0.313 e. The lowest BCUT2D eigenvalue weighted by molar-refractivity contribution is -0.159. The largest absolute Gasteiger partial charge is 0.465 e. The maximum atomic E-state index is 14.4. The number of benzene rings is 1. The van der Waals surface area contributed by atoms with Crippen molar-refractivity contribution in [2.24, 2.45) is 11.8 Å². The molecule has 0 bridgehead atoms. The second kappa shape index (κ2) is 10.4. The summed E-state index contributed by atoms with van der Waals surface area (Å²) in [5.74, 6) is -3.06. The standard InChI is InChI=1S/C30H39N3O6/c1-5-31(6-2)21-11-13-22(14-12-21)32-17-10-16-30-23(26(35)33(20(3)19-34)25(30)27(32)36)24-28(37)38-18-9-7-8-15-29(24,4)39-30/h8,10-16,20,23-25,34H,5-7,9,17-19H2,1-4H3/b15-8-/t20-,23+,24+,25?,29-,30+/m1/s1. The predicted octanol–water partition coefficient (Wildman–Crippen LogP) is 2.68. The molecule has 0 radical (unpaired) electrons. The number of likely N-dealkylation sites (tertiary alicyclic amines) is 1. The van der Waals surface area contributed by atoms with Gasteiger partial charge in [-0.25, -0.2) is 0 Å². The van der Waals surface area contributed by atoms with E-state index in [9.17, 15) is 19.5 Å². The molecule has 4 aliphatic rings. The number of carbonyl (C=O) groups excluding carboxylic acids is 3. The number of anilines is 2. The zero-order valence-corrected chi connectivity index (χ0v) is 23.2. The Balaban J connectivity index is 1.59. The SMILES string of the molecule is CCN(CC)c1ccc(N2CC=C[C@]34O[C@]5(C)/C=C\CCCOC(=O)[C@@H]5[C@H]3C(=O)N([C@H](C)CO)C4C2=O)cc1. The lowest BCUT2D eigenvalue weighted by Gasteiger charge is -2.39. The number of cyclic esters (lactones) is 1. The molecule has 2 saturated heterocycles. The first-order chi connectivity index (χ1) is 18.7. The molecule has 1 spiro atoms. The lowest BCUT2D eigenvalue weighted by Crippen LogP contribution is -2.58. The Labute approximate surface area is 230 Å². The first kappa shape index (κ1) is 27.4. The molecule has 210 valence electrons. The molecule has 9 nitrogen and oxygen atoms in total. The minimum Gasteiger partial charge on any atom is -0.465 e. The summed E-state index contributed by atoms with van der Waals surface area (Å²) in [4.78, 5) is 47.3. The van der Waals surface area contributed by atoms with Crippen molar-refractivity contribution in [1.82, 2.24) is 4.90 Å². The number of ether oxygens (including phenoxy) is 2. The summed E-state index contributed by atoms with van der Waals surface area (Å²) < 4.78 is 12.4. The summed E-state index contributed by atoms with van der Waals surface area (Å²) in [6.07, 6.45) is 8.88. The highest BCUT2D eigenvalue weighted by atomic mass is 16.6. The topological polar surface area (TPSA) is 99.6 Å². The quantitative estimate of drug-likeness (QED) is 0.440. The summed E-state index contributed by atoms with van der Waals surface area (Å²) in [6.45, 7) is 9.66. The summed E-state index contributed by atoms with van der Waals surface area (Å²) in [7, 11) is 0. The minimum absolute atomic E-state index is 0.260. The number of amides is 2. The van der Waals surface area contributed by atoms with E-state index in [1.54, 1.807) is 24.8 Å². The van der Waals surface area contributed by atoms with E-state index in [4.69, 9.17) is 9.47 Å². The van der Waals surface area contributed by atoms with Crippen LogP contribution < -0.4 is 9.80 Å². The van der Waals surface area contributed by atoms with Crippen molar-refractivity contribution < 1.29 is 29.0 Å². The average molecular weight is 538 g/mol. The van der Waals surface area contributed by atoms with Crippen LogP contribution in [0.25, 0.3) is 0 Å². The number of aliphatic hydroxyl groups is 1. The molecule has 5 rings (SSSR count). The van der Waals surface area contributed by atoms with Crippen molar-refractivity contribution in [2.75, 3.05) is 42.6 Å². The number of nitrogens with zero attached hydrogens (tertiary/aromatic N) is 3. The van der Waals surface area contributed by atoms with Gasteiger partial charge in [0.25, 0.3) is 5.91 Å². The van der Waals surface area contributed by atoms with E-state index in [0.717, 1.165) is 18.8 Å². The highest BCUT2D eigenvalue weighted by molar-refractivity contribution is 6.05. The molecule has 1 aromatic rings. The van der Waals surface area contributed by atoms with Gasteiger partial charge in [-0.3, -0.25) is 14.4 Å². The molecule has 2 amide bonds. The Bertz CT molecular complexity index is 1180. The highest BCUT2D eigenvalue weighted by Crippen LogP contribution is 2.57. The number of aliphatic hydroxyl groups excluding tert-OH is 1. The number of hydrogen-bond acceptors (Lipinski definition) is 7. The van der Waals surface area contributed by atoms with Gasteiger partial charge >= 0.3 is 5.97 Å². The molecular formula is C30H39N3O6. The van der Waals surface area contributed by atoms with Gasteiger partial charge in [-0.1, -0.05) is 24.3 Å². The third-order valence-corrected chi connectivity index (χ3v) is 8.72. The first-order valence-corrected chi connectivity index (χ1v) is 14.0. The van der Waals surface area contributed by atoms with E-state index in [0.29, 0.717) is 18.5 Å². The van der Waals surface area contributed by atoms with Crippen LogP contribution in [0.15, 0.2) is 48.6 Å². The minimum atomic E-state index is -1.38. The fraction of sp³-hybridized carbons (Fsp3) is 0.567. The maximum absolute atomic E-state index is 14.4. The van der Waals surface area contributed by atoms with Gasteiger partial charge < -0.3 is 29.3 Å². The Morgan fingerprint density at radius 3 is 2.44 bits per heavy atom. The van der Waals surface area contributed by atoms with Crippen LogP contribution in [0, 0.1) is 11.8 Å². The van der Waals surface area contributed by atoms with E-state index in [1.165, 1.54) is 4.90 Å². The number of allylic oxidation sites excluding steroid dienone is 1. The normalized spacial score (nSPS) is 33.8. The fourth-order valence-electron chi connectivity index (χ4n) is 6.80. The number of esters is 1. The molecule has 4 aliphatic heterocycles. The molecule has 0 saturated carbocycles. The van der Waals surface area contributed by atoms with Crippen LogP contribution in [0.4, 0.5) is 11.4 Å². The molecule has 9 heteroatoms. The van der Waals surface area contributed by atoms with Gasteiger partial charge in [-0.15, -0.1) is 0 Å². The first-order valence-electron chi connectivity index (χ1n) is 14.0. The van der Waals surface area contributed by atoms with E-state index in [2.05, 4.69) is 18.7 Å². The molecule has 1 unspecified atom stereocenters. The molecule has 1 aromatic carbocycles. The summed E-state index contributed by atoms with van der Waals surface area (Å²) in [5, 5.41) is 10.1. The van der Waals surface area contributed by atoms with Gasteiger partial charge in [-0.2, -0.15) is 0 Å². The van der Waals surface area contributed by atoms with Gasteiger partial charge in [0.2, 0.25) is 5.91 Å². The second-order valence-electron chi connectivity index (χ2n) is 11.0. The Hall–Kier alpha value is -3.17. The van der Waals surface area contributed by atoms with Crippen molar-refractivity contribution in [1.29, 1.82) is 0 Å². The third kappa shape index (κ3) is 4.26. The van der Waals surface area contributed by atoms with Crippen LogP contribution in [0.5, 0.6) is 0 Å². The Morgan fingerprint density at radius 1 is 1.05 bits per heavy atom. The highest BCUT2D eigenvalue weighted by Gasteiger charge is 2.75. The van der Waals surface area contributed by atoms with E-state index < -0.39 is 41.1 Å². The van der Waals surface area contributed by atoms with Crippen LogP contribution in [-0.2, 0) is 23.9 Å². The third-order valence-electron chi connectivity index (χ3n) is 8.72. The van der Waals surface area contributed by atoms with Crippen LogP contribution in [0.1, 0.15) is 40.5 Å². The number of hydrogen-bond donors (Lipinski definition) is 1. The van der Waals surface area contributed by atoms with Crippen LogP contribution in [0.2, 0.25) is 0 Å². The van der Waals surface area contributed by atoms with Crippen LogP contribution in [-0.4, -0.2) is 83.9 Å². The summed E-state index contributed by atoms with van der Waals surface area (Å²) >= 11 is 0. The van der Waals surface area contributed by atoms with Crippen LogP contribution in [0.3, 0.4) is 0 Å². The molecular weight excluding hydrogens is 498 g/mol. The zero-order chi connectivity index (χ0) is 27.9. The van der Waals surface area contributed by atoms with Gasteiger partial charge in [0, 0.05) is 31.0 Å². The monoisotopic (exact) mass is 537 g/mol. The van der Waals surface area contributed by atoms with Crippen LogP contribution >= 0.6 is 0 Å². The van der Waals surface area contributed by atoms with E-state index in [-0.39, 0.29) is 31.6 Å². The molecule has 39 heavy (non-hydrogen) atoms.